The summed E-state index contributed by atoms with van der Waals surface area (Å²) in [5.41, 5.74) is 0. The van der Waals surface area contributed by atoms with E-state index in [1.165, 1.54) is 0 Å². The van der Waals surface area contributed by atoms with Gasteiger partial charge in [-0.2, -0.15) is 13.2 Å². The van der Waals surface area contributed by atoms with Crippen molar-refractivity contribution in [2.75, 3.05) is 11.9 Å². The monoisotopic (exact) mass is 235 g/mol. The second-order valence-corrected chi connectivity index (χ2v) is 3.62. The van der Waals surface area contributed by atoms with Gasteiger partial charge in [-0.15, -0.1) is 22.5 Å². The van der Waals surface area contributed by atoms with Crippen LogP contribution in [0.1, 0.15) is 17.8 Å². The lowest BCUT2D eigenvalue weighted by molar-refractivity contribution is -0.138. The van der Waals surface area contributed by atoms with E-state index in [9.17, 15) is 13.2 Å². The van der Waals surface area contributed by atoms with Crippen LogP contribution in [0.5, 0.6) is 0 Å². The Bertz CT molecular complexity index is 353. The lowest BCUT2D eigenvalue weighted by atomic mass is 10.3. The summed E-state index contributed by atoms with van der Waals surface area (Å²) >= 11 is 0.488. The van der Waals surface area contributed by atoms with Crippen molar-refractivity contribution in [2.24, 2.45) is 0 Å². The molecule has 7 heteroatoms. The molecule has 1 aromatic rings. The predicted molar refractivity (Wildman–Crippen MR) is 51.5 cm³/mol. The Hall–Kier alpha value is -1.29. The summed E-state index contributed by atoms with van der Waals surface area (Å²) in [6.45, 7) is 0.497. The number of hydrogen-bond donors (Lipinski definition) is 1. The second-order valence-electron chi connectivity index (χ2n) is 2.64. The van der Waals surface area contributed by atoms with E-state index in [4.69, 9.17) is 6.42 Å². The Balaban J connectivity index is 2.44. The minimum Gasteiger partial charge on any atom is -0.360 e. The molecule has 1 aromatic heterocycles. The number of nitrogens with zero attached hydrogens (tertiary/aromatic N) is 2. The number of anilines is 1. The molecular weight excluding hydrogens is 227 g/mol. The number of hydrogen-bond acceptors (Lipinski definition) is 4. The van der Waals surface area contributed by atoms with Crippen molar-refractivity contribution in [1.29, 1.82) is 0 Å². The van der Waals surface area contributed by atoms with Crippen molar-refractivity contribution >= 4 is 16.5 Å². The maximum absolute atomic E-state index is 12.1. The van der Waals surface area contributed by atoms with Gasteiger partial charge in [0, 0.05) is 13.0 Å². The van der Waals surface area contributed by atoms with Crippen molar-refractivity contribution in [3.8, 4) is 12.3 Å². The van der Waals surface area contributed by atoms with E-state index in [1.54, 1.807) is 0 Å². The van der Waals surface area contributed by atoms with E-state index in [0.29, 0.717) is 30.7 Å². The van der Waals surface area contributed by atoms with Crippen LogP contribution in [-0.2, 0) is 6.18 Å². The molecule has 0 unspecified atom stereocenters. The van der Waals surface area contributed by atoms with Crippen LogP contribution < -0.4 is 5.32 Å². The highest BCUT2D eigenvalue weighted by Gasteiger charge is 2.35. The van der Waals surface area contributed by atoms with Crippen LogP contribution >= 0.6 is 11.3 Å². The van der Waals surface area contributed by atoms with Crippen molar-refractivity contribution in [3.05, 3.63) is 5.01 Å². The minimum atomic E-state index is -4.42. The van der Waals surface area contributed by atoms with Gasteiger partial charge in [0.1, 0.15) is 0 Å². The zero-order chi connectivity index (χ0) is 11.3. The molecule has 1 rings (SSSR count). The van der Waals surface area contributed by atoms with Gasteiger partial charge in [-0.25, -0.2) is 0 Å². The Morgan fingerprint density at radius 2 is 2.13 bits per heavy atom. The Labute approximate surface area is 88.7 Å². The molecule has 0 spiro atoms. The molecule has 0 bridgehead atoms. The summed E-state index contributed by atoms with van der Waals surface area (Å²) in [4.78, 5) is 0. The predicted octanol–water partition coefficient (Wildman–Crippen LogP) is 2.38. The summed E-state index contributed by atoms with van der Waals surface area (Å²) in [6, 6.07) is 0. The van der Waals surface area contributed by atoms with E-state index in [-0.39, 0.29) is 5.13 Å². The average molecular weight is 235 g/mol. The van der Waals surface area contributed by atoms with Crippen LogP contribution in [0.25, 0.3) is 0 Å². The second kappa shape index (κ2) is 4.98. The van der Waals surface area contributed by atoms with Crippen LogP contribution in [0, 0.1) is 12.3 Å². The first-order chi connectivity index (χ1) is 7.04. The smallest absolute Gasteiger partial charge is 0.360 e. The third-order valence-corrected chi connectivity index (χ3v) is 2.37. The number of aromatic nitrogens is 2. The highest BCUT2D eigenvalue weighted by molar-refractivity contribution is 7.15. The SMILES string of the molecule is C#CCCCNc1nnc(C(F)(F)F)s1. The Kier molecular flexibility index (Phi) is 3.91. The topological polar surface area (TPSA) is 37.8 Å². The van der Waals surface area contributed by atoms with Gasteiger partial charge in [0.25, 0.3) is 0 Å². The number of unbranched alkanes of at least 4 members (excludes halogenated alkanes) is 1. The summed E-state index contributed by atoms with van der Waals surface area (Å²) < 4.78 is 36.3. The van der Waals surface area contributed by atoms with E-state index < -0.39 is 11.2 Å². The van der Waals surface area contributed by atoms with E-state index >= 15 is 0 Å². The lowest BCUT2D eigenvalue weighted by Crippen LogP contribution is -2.03. The molecule has 0 aliphatic rings. The lowest BCUT2D eigenvalue weighted by Gasteiger charge is -1.99. The van der Waals surface area contributed by atoms with E-state index in [1.807, 2.05) is 0 Å². The fourth-order valence-corrected chi connectivity index (χ4v) is 1.43. The fraction of sp³-hybridized carbons (Fsp3) is 0.500. The van der Waals surface area contributed by atoms with Crippen LogP contribution in [0.3, 0.4) is 0 Å². The number of rotatable bonds is 4. The molecule has 0 aliphatic heterocycles. The number of halogens is 3. The first-order valence-electron chi connectivity index (χ1n) is 4.12. The highest BCUT2D eigenvalue weighted by atomic mass is 32.1. The molecule has 0 aliphatic carbocycles. The quantitative estimate of drug-likeness (QED) is 0.643. The van der Waals surface area contributed by atoms with Gasteiger partial charge in [-0.1, -0.05) is 11.3 Å². The largest absolute Gasteiger partial charge is 0.445 e. The van der Waals surface area contributed by atoms with Gasteiger partial charge < -0.3 is 5.32 Å². The molecule has 1 heterocycles. The first-order valence-corrected chi connectivity index (χ1v) is 4.93. The summed E-state index contributed by atoms with van der Waals surface area (Å²) in [6.07, 6.45) is 1.87. The number of terminal acetylenes is 1. The molecule has 0 radical (unpaired) electrons. The third kappa shape index (κ3) is 3.75. The van der Waals surface area contributed by atoms with Gasteiger partial charge in [0.15, 0.2) is 0 Å². The molecule has 82 valence electrons. The zero-order valence-electron chi connectivity index (χ0n) is 7.64. The minimum absolute atomic E-state index is 0.166. The number of alkyl halides is 3. The highest BCUT2D eigenvalue weighted by Crippen LogP contribution is 2.32. The van der Waals surface area contributed by atoms with E-state index in [2.05, 4.69) is 21.4 Å². The van der Waals surface area contributed by atoms with Crippen LogP contribution in [-0.4, -0.2) is 16.7 Å². The van der Waals surface area contributed by atoms with Crippen LogP contribution in [0.2, 0.25) is 0 Å². The van der Waals surface area contributed by atoms with Crippen molar-refractivity contribution < 1.29 is 13.2 Å². The maximum Gasteiger partial charge on any atom is 0.445 e. The fourth-order valence-electron chi connectivity index (χ4n) is 0.795. The van der Waals surface area contributed by atoms with Gasteiger partial charge in [-0.3, -0.25) is 0 Å². The summed E-state index contributed by atoms with van der Waals surface area (Å²) in [5.74, 6) is 2.43. The third-order valence-electron chi connectivity index (χ3n) is 1.44. The van der Waals surface area contributed by atoms with Crippen molar-refractivity contribution in [3.63, 3.8) is 0 Å². The van der Waals surface area contributed by atoms with Gasteiger partial charge in [-0.05, 0) is 6.42 Å². The molecule has 0 atom stereocenters. The molecule has 3 nitrogen and oxygen atoms in total. The average Bonchev–Trinajstić information content (AvgIpc) is 2.60. The molecule has 1 N–H and O–H groups in total. The van der Waals surface area contributed by atoms with E-state index in [0.717, 1.165) is 0 Å². The Morgan fingerprint density at radius 3 is 2.67 bits per heavy atom. The zero-order valence-corrected chi connectivity index (χ0v) is 8.45. The molecular formula is C8H8F3N3S. The first kappa shape index (κ1) is 11.8. The van der Waals surface area contributed by atoms with Crippen LogP contribution in [0.4, 0.5) is 18.3 Å². The van der Waals surface area contributed by atoms with Gasteiger partial charge in [0.2, 0.25) is 10.1 Å². The summed E-state index contributed by atoms with van der Waals surface area (Å²) in [5, 5.41) is 8.34. The molecule has 0 amide bonds. The molecule has 0 aromatic carbocycles. The normalized spacial score (nSPS) is 11.1. The Morgan fingerprint density at radius 1 is 1.40 bits per heavy atom. The molecule has 15 heavy (non-hydrogen) atoms. The number of nitrogens with one attached hydrogen (secondary N) is 1. The van der Waals surface area contributed by atoms with Crippen LogP contribution in [0.15, 0.2) is 0 Å². The van der Waals surface area contributed by atoms with Crippen molar-refractivity contribution in [2.45, 2.75) is 19.0 Å². The summed E-state index contributed by atoms with van der Waals surface area (Å²) in [7, 11) is 0. The standard InChI is InChI=1S/C8H8F3N3S/c1-2-3-4-5-12-7-14-13-6(15-7)8(9,10)11/h1H,3-5H2,(H,12,14). The maximum atomic E-state index is 12.1. The van der Waals surface area contributed by atoms with Gasteiger partial charge in [0.05, 0.1) is 0 Å². The van der Waals surface area contributed by atoms with Crippen molar-refractivity contribution in [1.82, 2.24) is 10.2 Å². The van der Waals surface area contributed by atoms with Gasteiger partial charge >= 0.3 is 6.18 Å². The molecule has 0 saturated heterocycles. The molecule has 0 saturated carbocycles. The molecule has 0 fully saturated rings.